The molecule has 0 aliphatic heterocycles. The Morgan fingerprint density at radius 1 is 1.56 bits per heavy atom. The van der Waals surface area contributed by atoms with E-state index in [-0.39, 0.29) is 24.3 Å². The number of nitrogens with one attached hydrogen (secondary N) is 1. The van der Waals surface area contributed by atoms with Gasteiger partial charge in [0, 0.05) is 19.5 Å². The normalized spacial score (nSPS) is 21.4. The van der Waals surface area contributed by atoms with E-state index in [1.807, 2.05) is 16.8 Å². The number of carbonyl (C=O) groups is 2. The van der Waals surface area contributed by atoms with Gasteiger partial charge in [-0.3, -0.25) is 9.59 Å². The second kappa shape index (κ2) is 5.52. The van der Waals surface area contributed by atoms with Crippen molar-refractivity contribution in [3.63, 3.8) is 0 Å². The number of likely N-dealkylation sites (N-methyl/N-ethyl adjacent to an activating group) is 1. The van der Waals surface area contributed by atoms with E-state index in [4.69, 9.17) is 0 Å². The first-order valence-corrected chi connectivity index (χ1v) is 7.05. The number of nitrogens with zero attached hydrogens (tertiary/aromatic N) is 1. The lowest BCUT2D eigenvalue weighted by Crippen LogP contribution is -2.38. The van der Waals surface area contributed by atoms with Crippen LogP contribution in [0.25, 0.3) is 0 Å². The second-order valence-corrected chi connectivity index (χ2v) is 5.70. The Labute approximate surface area is 111 Å². The van der Waals surface area contributed by atoms with Crippen molar-refractivity contribution in [2.45, 2.75) is 19.9 Å². The van der Waals surface area contributed by atoms with Crippen LogP contribution >= 0.6 is 11.3 Å². The Hall–Kier alpha value is -1.36. The van der Waals surface area contributed by atoms with Crippen LogP contribution in [0.3, 0.4) is 0 Å². The maximum Gasteiger partial charge on any atom is 0.242 e. The van der Waals surface area contributed by atoms with E-state index in [1.54, 1.807) is 23.3 Å². The van der Waals surface area contributed by atoms with Gasteiger partial charge in [0.15, 0.2) is 0 Å². The molecule has 0 aromatic carbocycles. The van der Waals surface area contributed by atoms with Gasteiger partial charge in [-0.2, -0.15) is 11.3 Å². The summed E-state index contributed by atoms with van der Waals surface area (Å²) in [7, 11) is 1.76. The van der Waals surface area contributed by atoms with E-state index in [9.17, 15) is 9.59 Å². The summed E-state index contributed by atoms with van der Waals surface area (Å²) in [4.78, 5) is 25.0. The van der Waals surface area contributed by atoms with Crippen LogP contribution in [0.5, 0.6) is 0 Å². The summed E-state index contributed by atoms with van der Waals surface area (Å²) in [5.41, 5.74) is 1.12. The first-order chi connectivity index (χ1) is 8.58. The van der Waals surface area contributed by atoms with E-state index in [1.165, 1.54) is 0 Å². The van der Waals surface area contributed by atoms with Crippen LogP contribution in [0.15, 0.2) is 16.8 Å². The second-order valence-electron chi connectivity index (χ2n) is 4.92. The molecule has 0 unspecified atom stereocenters. The third kappa shape index (κ3) is 3.32. The Kier molecular flexibility index (Phi) is 4.01. The fourth-order valence-corrected chi connectivity index (χ4v) is 2.52. The highest BCUT2D eigenvalue weighted by Gasteiger charge is 2.39. The molecule has 1 aromatic heterocycles. The Morgan fingerprint density at radius 3 is 2.83 bits per heavy atom. The van der Waals surface area contributed by atoms with E-state index in [0.717, 1.165) is 12.0 Å². The quantitative estimate of drug-likeness (QED) is 0.877. The molecule has 98 valence electrons. The van der Waals surface area contributed by atoms with Gasteiger partial charge in [0.2, 0.25) is 11.8 Å². The molecule has 0 bridgehead atoms. The van der Waals surface area contributed by atoms with Crippen LogP contribution in [-0.2, 0) is 16.1 Å². The molecule has 0 radical (unpaired) electrons. The van der Waals surface area contributed by atoms with E-state index in [0.29, 0.717) is 12.5 Å². The average Bonchev–Trinajstić information content (AvgIpc) is 2.86. The summed E-state index contributed by atoms with van der Waals surface area (Å²) in [6, 6.07) is 2.00. The Balaban J connectivity index is 1.72. The molecule has 18 heavy (non-hydrogen) atoms. The molecule has 2 rings (SSSR count). The summed E-state index contributed by atoms with van der Waals surface area (Å²) in [6.45, 7) is 2.75. The lowest BCUT2D eigenvalue weighted by Gasteiger charge is -2.16. The third-order valence-corrected chi connectivity index (χ3v) is 4.02. The molecule has 2 atom stereocenters. The number of rotatable bonds is 5. The molecule has 0 spiro atoms. The average molecular weight is 266 g/mol. The molecule has 5 heteroatoms. The number of hydrogen-bond donors (Lipinski definition) is 1. The fraction of sp³-hybridized carbons (Fsp3) is 0.538. The zero-order valence-electron chi connectivity index (χ0n) is 10.7. The molecule has 1 aromatic rings. The van der Waals surface area contributed by atoms with E-state index >= 15 is 0 Å². The van der Waals surface area contributed by atoms with Crippen LogP contribution < -0.4 is 5.32 Å². The van der Waals surface area contributed by atoms with Gasteiger partial charge in [0.1, 0.15) is 0 Å². The van der Waals surface area contributed by atoms with Gasteiger partial charge in [-0.05, 0) is 34.7 Å². The van der Waals surface area contributed by atoms with Gasteiger partial charge in [0.25, 0.3) is 0 Å². The van der Waals surface area contributed by atoms with Crippen molar-refractivity contribution in [1.82, 2.24) is 10.2 Å². The molecular formula is C13H18N2O2S. The van der Waals surface area contributed by atoms with Crippen LogP contribution in [0, 0.1) is 11.8 Å². The number of amides is 2. The van der Waals surface area contributed by atoms with Crippen molar-refractivity contribution in [3.05, 3.63) is 22.4 Å². The van der Waals surface area contributed by atoms with Crippen molar-refractivity contribution in [1.29, 1.82) is 0 Å². The number of carbonyl (C=O) groups excluding carboxylic acids is 2. The topological polar surface area (TPSA) is 49.4 Å². The minimum atomic E-state index is -0.0529. The van der Waals surface area contributed by atoms with Crippen LogP contribution in [0.4, 0.5) is 0 Å². The number of thiophene rings is 1. The van der Waals surface area contributed by atoms with Gasteiger partial charge >= 0.3 is 0 Å². The monoisotopic (exact) mass is 266 g/mol. The predicted molar refractivity (Wildman–Crippen MR) is 71.1 cm³/mol. The third-order valence-electron chi connectivity index (χ3n) is 3.29. The summed E-state index contributed by atoms with van der Waals surface area (Å²) in [5.74, 6) is 0.561. The standard InChI is InChI=1S/C13H18N2O2S/c1-9-5-11(9)13(17)14-6-12(16)15(2)7-10-3-4-18-8-10/h3-4,8-9,11H,5-7H2,1-2H3,(H,14,17)/t9-,11-/m0/s1. The molecule has 1 N–H and O–H groups in total. The van der Waals surface area contributed by atoms with Crippen LogP contribution in [0.2, 0.25) is 0 Å². The molecule has 1 fully saturated rings. The Bertz CT molecular complexity index is 430. The lowest BCUT2D eigenvalue weighted by molar-refractivity contribution is -0.132. The SMILES string of the molecule is C[C@H]1C[C@@H]1C(=O)NCC(=O)N(C)Cc1ccsc1. The molecule has 1 aliphatic carbocycles. The van der Waals surface area contributed by atoms with Crippen molar-refractivity contribution < 1.29 is 9.59 Å². The molecule has 4 nitrogen and oxygen atoms in total. The molecular weight excluding hydrogens is 248 g/mol. The van der Waals surface area contributed by atoms with Crippen LogP contribution in [-0.4, -0.2) is 30.3 Å². The maximum absolute atomic E-state index is 11.8. The van der Waals surface area contributed by atoms with E-state index in [2.05, 4.69) is 12.2 Å². The zero-order valence-corrected chi connectivity index (χ0v) is 11.5. The van der Waals surface area contributed by atoms with E-state index < -0.39 is 0 Å². The van der Waals surface area contributed by atoms with Gasteiger partial charge in [-0.25, -0.2) is 0 Å². The molecule has 2 amide bonds. The summed E-state index contributed by atoms with van der Waals surface area (Å²) in [5, 5.41) is 6.72. The highest BCUT2D eigenvalue weighted by molar-refractivity contribution is 7.07. The van der Waals surface area contributed by atoms with Gasteiger partial charge in [-0.15, -0.1) is 0 Å². The minimum absolute atomic E-state index is 0.0137. The van der Waals surface area contributed by atoms with Crippen molar-refractivity contribution in [2.24, 2.45) is 11.8 Å². The summed E-state index contributed by atoms with van der Waals surface area (Å²) < 4.78 is 0. The Morgan fingerprint density at radius 2 is 2.28 bits per heavy atom. The molecule has 1 saturated carbocycles. The first kappa shape index (κ1) is 13.1. The molecule has 1 heterocycles. The molecule has 0 saturated heterocycles. The smallest absolute Gasteiger partial charge is 0.242 e. The first-order valence-electron chi connectivity index (χ1n) is 6.10. The van der Waals surface area contributed by atoms with Gasteiger partial charge < -0.3 is 10.2 Å². The predicted octanol–water partition coefficient (Wildman–Crippen LogP) is 1.48. The van der Waals surface area contributed by atoms with Crippen LogP contribution in [0.1, 0.15) is 18.9 Å². The zero-order chi connectivity index (χ0) is 13.1. The lowest BCUT2D eigenvalue weighted by atomic mass is 10.3. The van der Waals surface area contributed by atoms with Crippen molar-refractivity contribution in [2.75, 3.05) is 13.6 Å². The van der Waals surface area contributed by atoms with Gasteiger partial charge in [0.05, 0.1) is 6.54 Å². The van der Waals surface area contributed by atoms with Crippen molar-refractivity contribution >= 4 is 23.2 Å². The largest absolute Gasteiger partial charge is 0.347 e. The highest BCUT2D eigenvalue weighted by atomic mass is 32.1. The minimum Gasteiger partial charge on any atom is -0.347 e. The summed E-state index contributed by atoms with van der Waals surface area (Å²) in [6.07, 6.45) is 0.949. The van der Waals surface area contributed by atoms with Gasteiger partial charge in [-0.1, -0.05) is 6.92 Å². The maximum atomic E-state index is 11.8. The summed E-state index contributed by atoms with van der Waals surface area (Å²) >= 11 is 1.62. The highest BCUT2D eigenvalue weighted by Crippen LogP contribution is 2.37. The number of hydrogen-bond acceptors (Lipinski definition) is 3. The molecule has 1 aliphatic rings. The fourth-order valence-electron chi connectivity index (χ4n) is 1.86. The van der Waals surface area contributed by atoms with Crippen molar-refractivity contribution in [3.8, 4) is 0 Å².